The van der Waals surface area contributed by atoms with Gasteiger partial charge in [-0.2, -0.15) is 0 Å². The third kappa shape index (κ3) is 4.86. The molecular weight excluding hydrogens is 383 g/mol. The Hall–Kier alpha value is -2.77. The van der Waals surface area contributed by atoms with Crippen LogP contribution in [0, 0.1) is 12.7 Å². The van der Waals surface area contributed by atoms with E-state index in [2.05, 4.69) is 15.2 Å². The molecule has 0 bridgehead atoms. The van der Waals surface area contributed by atoms with Crippen LogP contribution in [0.2, 0.25) is 0 Å². The quantitative estimate of drug-likeness (QED) is 0.651. The normalized spacial score (nSPS) is 15.9. The van der Waals surface area contributed by atoms with Crippen LogP contribution in [0.5, 0.6) is 0 Å². The SMILES string of the molecule is Cc1ccn2c(C(CC(=O)NCCN3CCOCC3)c3cccc(F)c3)cnc2c1. The molecule has 0 radical (unpaired) electrons. The Morgan fingerprint density at radius 1 is 1.27 bits per heavy atom. The van der Waals surface area contributed by atoms with Gasteiger partial charge < -0.3 is 14.5 Å². The smallest absolute Gasteiger partial charge is 0.221 e. The molecule has 1 aliphatic heterocycles. The molecule has 1 atom stereocenters. The second kappa shape index (κ2) is 9.36. The lowest BCUT2D eigenvalue weighted by Crippen LogP contribution is -2.41. The van der Waals surface area contributed by atoms with Gasteiger partial charge in [0, 0.05) is 50.9 Å². The summed E-state index contributed by atoms with van der Waals surface area (Å²) in [6.07, 6.45) is 3.97. The minimum Gasteiger partial charge on any atom is -0.379 e. The standard InChI is InChI=1S/C23H27FN4O2/c1-17-5-7-28-21(16-26-22(28)13-17)20(18-3-2-4-19(24)14-18)15-23(29)25-6-8-27-9-11-30-12-10-27/h2-5,7,13-14,16,20H,6,8-12,15H2,1H3,(H,25,29). The lowest BCUT2D eigenvalue weighted by molar-refractivity contribution is -0.121. The zero-order valence-electron chi connectivity index (χ0n) is 17.2. The van der Waals surface area contributed by atoms with Gasteiger partial charge in [-0.3, -0.25) is 9.69 Å². The summed E-state index contributed by atoms with van der Waals surface area (Å²) in [5.41, 5.74) is 3.57. The highest BCUT2D eigenvalue weighted by Gasteiger charge is 2.22. The number of amides is 1. The summed E-state index contributed by atoms with van der Waals surface area (Å²) in [6, 6.07) is 10.5. The van der Waals surface area contributed by atoms with E-state index < -0.39 is 0 Å². The first-order chi connectivity index (χ1) is 14.6. The number of halogens is 1. The topological polar surface area (TPSA) is 58.9 Å². The van der Waals surface area contributed by atoms with Gasteiger partial charge in [0.2, 0.25) is 5.91 Å². The van der Waals surface area contributed by atoms with E-state index in [0.717, 1.165) is 55.3 Å². The molecule has 4 rings (SSSR count). The predicted molar refractivity (Wildman–Crippen MR) is 113 cm³/mol. The van der Waals surface area contributed by atoms with Crippen molar-refractivity contribution in [1.82, 2.24) is 19.6 Å². The van der Waals surface area contributed by atoms with Gasteiger partial charge in [0.1, 0.15) is 11.5 Å². The highest BCUT2D eigenvalue weighted by molar-refractivity contribution is 5.77. The van der Waals surface area contributed by atoms with Crippen LogP contribution in [0.25, 0.3) is 5.65 Å². The summed E-state index contributed by atoms with van der Waals surface area (Å²) in [5.74, 6) is -0.656. The maximum absolute atomic E-state index is 13.9. The van der Waals surface area contributed by atoms with E-state index in [4.69, 9.17) is 4.74 Å². The Bertz CT molecular complexity index is 1010. The molecule has 1 aromatic carbocycles. The summed E-state index contributed by atoms with van der Waals surface area (Å²) in [4.78, 5) is 19.5. The summed E-state index contributed by atoms with van der Waals surface area (Å²) < 4.78 is 21.3. The van der Waals surface area contributed by atoms with Crippen LogP contribution >= 0.6 is 0 Å². The number of nitrogens with zero attached hydrogens (tertiary/aromatic N) is 3. The molecule has 1 amide bonds. The summed E-state index contributed by atoms with van der Waals surface area (Å²) >= 11 is 0. The average Bonchev–Trinajstić information content (AvgIpc) is 3.15. The minimum absolute atomic E-state index is 0.0559. The molecule has 3 aromatic rings. The summed E-state index contributed by atoms with van der Waals surface area (Å²) in [5, 5.41) is 3.02. The molecule has 7 heteroatoms. The zero-order chi connectivity index (χ0) is 20.9. The van der Waals surface area contributed by atoms with Crippen LogP contribution in [-0.4, -0.2) is 59.6 Å². The van der Waals surface area contributed by atoms with Crippen molar-refractivity contribution in [3.05, 3.63) is 71.4 Å². The van der Waals surface area contributed by atoms with E-state index in [0.29, 0.717) is 6.54 Å². The molecule has 3 heterocycles. The molecule has 6 nitrogen and oxygen atoms in total. The Morgan fingerprint density at radius 3 is 2.90 bits per heavy atom. The van der Waals surface area contributed by atoms with E-state index in [9.17, 15) is 9.18 Å². The van der Waals surface area contributed by atoms with Gasteiger partial charge in [-0.15, -0.1) is 0 Å². The highest BCUT2D eigenvalue weighted by atomic mass is 19.1. The third-order valence-corrected chi connectivity index (χ3v) is 5.55. The van der Waals surface area contributed by atoms with Crippen LogP contribution in [0.15, 0.2) is 48.8 Å². The van der Waals surface area contributed by atoms with E-state index >= 15 is 0 Å². The molecule has 1 aliphatic rings. The van der Waals surface area contributed by atoms with Gasteiger partial charge in [0.25, 0.3) is 0 Å². The third-order valence-electron chi connectivity index (χ3n) is 5.55. The van der Waals surface area contributed by atoms with Crippen molar-refractivity contribution < 1.29 is 13.9 Å². The molecule has 158 valence electrons. The van der Waals surface area contributed by atoms with Crippen LogP contribution in [0.1, 0.15) is 29.2 Å². The number of rotatable bonds is 7. The fraction of sp³-hybridized carbons (Fsp3) is 0.391. The molecular formula is C23H27FN4O2. The van der Waals surface area contributed by atoms with Gasteiger partial charge in [-0.05, 0) is 42.3 Å². The van der Waals surface area contributed by atoms with Crippen LogP contribution in [0.3, 0.4) is 0 Å². The number of aromatic nitrogens is 2. The molecule has 0 aliphatic carbocycles. The number of fused-ring (bicyclic) bond motifs is 1. The molecule has 1 saturated heterocycles. The number of aryl methyl sites for hydroxylation is 1. The molecule has 0 saturated carbocycles. The van der Waals surface area contributed by atoms with Gasteiger partial charge in [0.05, 0.1) is 18.9 Å². The zero-order valence-corrected chi connectivity index (χ0v) is 17.2. The Labute approximate surface area is 175 Å². The number of ether oxygens (including phenoxy) is 1. The summed E-state index contributed by atoms with van der Waals surface area (Å²) in [6.45, 7) is 6.66. The van der Waals surface area contributed by atoms with Crippen molar-refractivity contribution in [2.24, 2.45) is 0 Å². The fourth-order valence-corrected chi connectivity index (χ4v) is 3.91. The van der Waals surface area contributed by atoms with E-state index in [1.807, 2.05) is 35.7 Å². The molecule has 1 fully saturated rings. The number of carbonyl (C=O) groups excluding carboxylic acids is 1. The van der Waals surface area contributed by atoms with E-state index in [1.165, 1.54) is 12.1 Å². The number of morpholine rings is 1. The van der Waals surface area contributed by atoms with Crippen molar-refractivity contribution >= 4 is 11.6 Å². The molecule has 2 aromatic heterocycles. The lowest BCUT2D eigenvalue weighted by Gasteiger charge is -2.26. The van der Waals surface area contributed by atoms with Crippen LogP contribution in [0.4, 0.5) is 4.39 Å². The number of hydrogen-bond acceptors (Lipinski definition) is 4. The van der Waals surface area contributed by atoms with E-state index in [1.54, 1.807) is 12.3 Å². The number of carbonyl (C=O) groups is 1. The molecule has 30 heavy (non-hydrogen) atoms. The Balaban J connectivity index is 1.51. The van der Waals surface area contributed by atoms with Gasteiger partial charge in [0.15, 0.2) is 0 Å². The van der Waals surface area contributed by atoms with Gasteiger partial charge in [-0.1, -0.05) is 12.1 Å². The van der Waals surface area contributed by atoms with Crippen LogP contribution < -0.4 is 5.32 Å². The lowest BCUT2D eigenvalue weighted by atomic mass is 9.92. The number of pyridine rings is 1. The Kier molecular flexibility index (Phi) is 6.40. The first-order valence-electron chi connectivity index (χ1n) is 10.4. The van der Waals surface area contributed by atoms with Crippen molar-refractivity contribution in [2.45, 2.75) is 19.3 Å². The number of benzene rings is 1. The Morgan fingerprint density at radius 2 is 2.10 bits per heavy atom. The van der Waals surface area contributed by atoms with Crippen molar-refractivity contribution in [1.29, 1.82) is 0 Å². The minimum atomic E-state index is -0.310. The first kappa shape index (κ1) is 20.5. The van der Waals surface area contributed by atoms with Crippen LogP contribution in [-0.2, 0) is 9.53 Å². The maximum Gasteiger partial charge on any atom is 0.221 e. The second-order valence-corrected chi connectivity index (χ2v) is 7.73. The predicted octanol–water partition coefficient (Wildman–Crippen LogP) is 2.75. The summed E-state index contributed by atoms with van der Waals surface area (Å²) in [7, 11) is 0. The van der Waals surface area contributed by atoms with Crippen molar-refractivity contribution in [3.63, 3.8) is 0 Å². The average molecular weight is 410 g/mol. The highest BCUT2D eigenvalue weighted by Crippen LogP contribution is 2.29. The fourth-order valence-electron chi connectivity index (χ4n) is 3.91. The second-order valence-electron chi connectivity index (χ2n) is 7.73. The van der Waals surface area contributed by atoms with Gasteiger partial charge >= 0.3 is 0 Å². The van der Waals surface area contributed by atoms with Crippen molar-refractivity contribution in [3.8, 4) is 0 Å². The number of hydrogen-bond donors (Lipinski definition) is 1. The molecule has 0 spiro atoms. The number of imidazole rings is 1. The molecule has 1 unspecified atom stereocenters. The van der Waals surface area contributed by atoms with Crippen molar-refractivity contribution in [2.75, 3.05) is 39.4 Å². The van der Waals surface area contributed by atoms with Gasteiger partial charge in [-0.25, -0.2) is 9.37 Å². The molecule has 1 N–H and O–H groups in total. The number of nitrogens with one attached hydrogen (secondary N) is 1. The maximum atomic E-state index is 13.9. The largest absolute Gasteiger partial charge is 0.379 e. The van der Waals surface area contributed by atoms with E-state index in [-0.39, 0.29) is 24.1 Å². The first-order valence-corrected chi connectivity index (χ1v) is 10.4. The monoisotopic (exact) mass is 410 g/mol.